The fourth-order valence-corrected chi connectivity index (χ4v) is 3.54. The number of hydrogen-bond donors (Lipinski definition) is 0. The van der Waals surface area contributed by atoms with Gasteiger partial charge in [0.1, 0.15) is 5.75 Å². The Labute approximate surface area is 125 Å². The maximum atomic E-state index is 5.67. The van der Waals surface area contributed by atoms with Crippen molar-refractivity contribution in [2.45, 2.75) is 19.3 Å². The Morgan fingerprint density at radius 3 is 2.89 bits per heavy atom. The van der Waals surface area contributed by atoms with Crippen molar-refractivity contribution in [1.82, 2.24) is 0 Å². The first-order valence-electron chi connectivity index (χ1n) is 6.15. The van der Waals surface area contributed by atoms with Crippen LogP contribution in [0.1, 0.15) is 18.4 Å². The predicted molar refractivity (Wildman–Crippen MR) is 80.7 cm³/mol. The van der Waals surface area contributed by atoms with Gasteiger partial charge in [-0.05, 0) is 43.0 Å². The summed E-state index contributed by atoms with van der Waals surface area (Å²) in [4.78, 5) is 0. The minimum Gasteiger partial charge on any atom is -0.496 e. The Kier molecular flexibility index (Phi) is 5.10. The number of halogens is 2. The second kappa shape index (κ2) is 6.40. The van der Waals surface area contributed by atoms with Crippen molar-refractivity contribution in [2.75, 3.05) is 25.7 Å². The SMILES string of the molecule is COc1ccc(Br)cc1CC1(CBr)CCCOC1. The van der Waals surface area contributed by atoms with Gasteiger partial charge in [-0.25, -0.2) is 0 Å². The molecule has 1 aromatic rings. The van der Waals surface area contributed by atoms with Gasteiger partial charge in [-0.1, -0.05) is 31.9 Å². The van der Waals surface area contributed by atoms with Gasteiger partial charge >= 0.3 is 0 Å². The average molecular weight is 378 g/mol. The zero-order chi connectivity index (χ0) is 13.0. The standard InChI is InChI=1S/C14H18Br2O2/c1-17-13-4-3-12(16)7-11(13)8-14(9-15)5-2-6-18-10-14/h3-4,7H,2,5-6,8-10H2,1H3. The van der Waals surface area contributed by atoms with E-state index in [1.165, 1.54) is 12.0 Å². The lowest BCUT2D eigenvalue weighted by atomic mass is 9.79. The second-order valence-corrected chi connectivity index (χ2v) is 6.40. The maximum Gasteiger partial charge on any atom is 0.122 e. The molecule has 2 nitrogen and oxygen atoms in total. The molecular weight excluding hydrogens is 360 g/mol. The van der Waals surface area contributed by atoms with Crippen LogP contribution in [0.2, 0.25) is 0 Å². The van der Waals surface area contributed by atoms with E-state index in [1.54, 1.807) is 7.11 Å². The van der Waals surface area contributed by atoms with Crippen molar-refractivity contribution >= 4 is 31.9 Å². The molecule has 1 atom stereocenters. The number of benzene rings is 1. The quantitative estimate of drug-likeness (QED) is 0.732. The summed E-state index contributed by atoms with van der Waals surface area (Å²) in [5.41, 5.74) is 1.45. The first-order valence-corrected chi connectivity index (χ1v) is 8.07. The summed E-state index contributed by atoms with van der Waals surface area (Å²) in [6.07, 6.45) is 3.33. The van der Waals surface area contributed by atoms with Crippen LogP contribution in [-0.4, -0.2) is 25.7 Å². The number of alkyl halides is 1. The average Bonchev–Trinajstić information content (AvgIpc) is 2.40. The van der Waals surface area contributed by atoms with Gasteiger partial charge in [0.2, 0.25) is 0 Å². The van der Waals surface area contributed by atoms with E-state index in [1.807, 2.05) is 12.1 Å². The molecule has 0 spiro atoms. The molecule has 1 aliphatic heterocycles. The molecule has 0 bridgehead atoms. The molecule has 18 heavy (non-hydrogen) atoms. The topological polar surface area (TPSA) is 18.5 Å². The third kappa shape index (κ3) is 3.28. The number of hydrogen-bond acceptors (Lipinski definition) is 2. The predicted octanol–water partition coefficient (Wildman–Crippen LogP) is 4.19. The van der Waals surface area contributed by atoms with Gasteiger partial charge in [0.25, 0.3) is 0 Å². The number of rotatable bonds is 4. The fourth-order valence-electron chi connectivity index (χ4n) is 2.49. The maximum absolute atomic E-state index is 5.67. The molecule has 1 heterocycles. The summed E-state index contributed by atoms with van der Waals surface area (Å²) in [7, 11) is 1.73. The molecule has 0 aromatic heterocycles. The van der Waals surface area contributed by atoms with Crippen molar-refractivity contribution in [1.29, 1.82) is 0 Å². The highest BCUT2D eigenvalue weighted by atomic mass is 79.9. The van der Waals surface area contributed by atoms with Crippen LogP contribution in [0.25, 0.3) is 0 Å². The van der Waals surface area contributed by atoms with Gasteiger partial charge in [-0.15, -0.1) is 0 Å². The van der Waals surface area contributed by atoms with Crippen LogP contribution in [-0.2, 0) is 11.2 Å². The zero-order valence-electron chi connectivity index (χ0n) is 10.5. The summed E-state index contributed by atoms with van der Waals surface area (Å²) >= 11 is 7.19. The smallest absolute Gasteiger partial charge is 0.122 e. The highest BCUT2D eigenvalue weighted by Crippen LogP contribution is 2.37. The third-order valence-corrected chi connectivity index (χ3v) is 5.18. The van der Waals surface area contributed by atoms with Crippen LogP contribution < -0.4 is 4.74 Å². The van der Waals surface area contributed by atoms with Crippen LogP contribution in [0, 0.1) is 5.41 Å². The van der Waals surface area contributed by atoms with Crippen LogP contribution in [0.15, 0.2) is 22.7 Å². The molecule has 1 aliphatic rings. The Morgan fingerprint density at radius 1 is 1.44 bits per heavy atom. The Morgan fingerprint density at radius 2 is 2.28 bits per heavy atom. The van der Waals surface area contributed by atoms with Crippen LogP contribution in [0.4, 0.5) is 0 Å². The molecule has 0 aliphatic carbocycles. The monoisotopic (exact) mass is 376 g/mol. The van der Waals surface area contributed by atoms with E-state index < -0.39 is 0 Å². The summed E-state index contributed by atoms with van der Waals surface area (Å²) in [5.74, 6) is 0.962. The summed E-state index contributed by atoms with van der Waals surface area (Å²) in [6, 6.07) is 6.18. The second-order valence-electron chi connectivity index (χ2n) is 4.92. The Hall–Kier alpha value is -0.0600. The lowest BCUT2D eigenvalue weighted by Crippen LogP contribution is -2.35. The molecule has 2 rings (SSSR count). The Balaban J connectivity index is 2.23. The number of methoxy groups -OCH3 is 1. The van der Waals surface area contributed by atoms with Crippen LogP contribution in [0.3, 0.4) is 0 Å². The van der Waals surface area contributed by atoms with Gasteiger partial charge in [0, 0.05) is 21.8 Å². The van der Waals surface area contributed by atoms with E-state index >= 15 is 0 Å². The van der Waals surface area contributed by atoms with E-state index in [2.05, 4.69) is 37.9 Å². The number of ether oxygens (including phenoxy) is 2. The van der Waals surface area contributed by atoms with Gasteiger partial charge < -0.3 is 9.47 Å². The van der Waals surface area contributed by atoms with Gasteiger partial charge in [-0.3, -0.25) is 0 Å². The Bertz CT molecular complexity index is 401. The van der Waals surface area contributed by atoms with Gasteiger partial charge in [0.05, 0.1) is 13.7 Å². The summed E-state index contributed by atoms with van der Waals surface area (Å²) in [5, 5.41) is 0.968. The van der Waals surface area contributed by atoms with Gasteiger partial charge in [0.15, 0.2) is 0 Å². The zero-order valence-corrected chi connectivity index (χ0v) is 13.7. The highest BCUT2D eigenvalue weighted by Gasteiger charge is 2.33. The minimum atomic E-state index is 0.201. The largest absolute Gasteiger partial charge is 0.496 e. The van der Waals surface area contributed by atoms with E-state index in [9.17, 15) is 0 Å². The minimum absolute atomic E-state index is 0.201. The molecule has 0 radical (unpaired) electrons. The van der Waals surface area contributed by atoms with Crippen molar-refractivity contribution in [2.24, 2.45) is 5.41 Å². The first kappa shape index (κ1) is 14.4. The van der Waals surface area contributed by atoms with Crippen molar-refractivity contribution < 1.29 is 9.47 Å². The molecule has 1 fully saturated rings. The lowest BCUT2D eigenvalue weighted by molar-refractivity contribution is 0.00591. The highest BCUT2D eigenvalue weighted by molar-refractivity contribution is 9.10. The fraction of sp³-hybridized carbons (Fsp3) is 0.571. The van der Waals surface area contributed by atoms with Crippen molar-refractivity contribution in [3.63, 3.8) is 0 Å². The molecule has 0 N–H and O–H groups in total. The third-order valence-electron chi connectivity index (χ3n) is 3.50. The summed E-state index contributed by atoms with van der Waals surface area (Å²) in [6.45, 7) is 1.72. The molecule has 1 unspecified atom stereocenters. The van der Waals surface area contributed by atoms with Crippen molar-refractivity contribution in [3.05, 3.63) is 28.2 Å². The molecule has 0 amide bonds. The molecule has 100 valence electrons. The molecule has 0 saturated carbocycles. The molecule has 4 heteroatoms. The normalized spacial score (nSPS) is 23.9. The lowest BCUT2D eigenvalue weighted by Gasteiger charge is -2.36. The van der Waals surface area contributed by atoms with E-state index in [-0.39, 0.29) is 5.41 Å². The van der Waals surface area contributed by atoms with Crippen molar-refractivity contribution in [3.8, 4) is 5.75 Å². The van der Waals surface area contributed by atoms with Crippen LogP contribution >= 0.6 is 31.9 Å². The molecule has 1 aromatic carbocycles. The summed E-state index contributed by atoms with van der Waals surface area (Å²) < 4.78 is 12.2. The van der Waals surface area contributed by atoms with Crippen LogP contribution in [0.5, 0.6) is 5.75 Å². The molecular formula is C14H18Br2O2. The van der Waals surface area contributed by atoms with E-state index in [4.69, 9.17) is 9.47 Å². The molecule has 1 saturated heterocycles. The first-order chi connectivity index (χ1) is 8.69. The van der Waals surface area contributed by atoms with Gasteiger partial charge in [-0.2, -0.15) is 0 Å². The van der Waals surface area contributed by atoms with E-state index in [0.717, 1.165) is 41.6 Å². The van der Waals surface area contributed by atoms with E-state index in [0.29, 0.717) is 0 Å².